The minimum atomic E-state index is 0.0103. The lowest BCUT2D eigenvalue weighted by Crippen LogP contribution is -2.22. The Hall–Kier alpha value is -5.05. The number of nitrogen functional groups attached to an aromatic ring is 2. The van der Waals surface area contributed by atoms with E-state index in [1.165, 1.54) is 0 Å². The predicted molar refractivity (Wildman–Crippen MR) is 151 cm³/mol. The summed E-state index contributed by atoms with van der Waals surface area (Å²) in [6, 6.07) is 14.7. The van der Waals surface area contributed by atoms with Crippen molar-refractivity contribution in [1.29, 1.82) is 10.8 Å². The summed E-state index contributed by atoms with van der Waals surface area (Å²) in [5.41, 5.74) is 25.8. The first-order valence-corrected chi connectivity index (χ1v) is 11.7. The molecule has 2 aromatic carbocycles. The Kier molecular flexibility index (Phi) is 7.53. The molecule has 0 atom stereocenters. The fourth-order valence-electron chi connectivity index (χ4n) is 3.84. The Balaban J connectivity index is 1.53. The number of nitrogens with one attached hydrogen (secondary N) is 2. The van der Waals surface area contributed by atoms with Crippen LogP contribution in [-0.2, 0) is 0 Å². The first-order valence-electron chi connectivity index (χ1n) is 11.7. The summed E-state index contributed by atoms with van der Waals surface area (Å²) in [5, 5.41) is 17.0. The lowest BCUT2D eigenvalue weighted by atomic mass is 10.1. The number of amidine groups is 2. The fraction of sp³-hybridized carbons (Fsp3) is 0.107. The molecule has 0 amide bonds. The molecule has 0 saturated heterocycles. The van der Waals surface area contributed by atoms with E-state index >= 15 is 0 Å². The molecule has 0 bridgehead atoms. The Bertz CT molecular complexity index is 1580. The van der Waals surface area contributed by atoms with Gasteiger partial charge in [0.15, 0.2) is 5.96 Å². The highest BCUT2D eigenvalue weighted by atomic mass is 16.3. The van der Waals surface area contributed by atoms with Crippen molar-refractivity contribution in [1.82, 2.24) is 0 Å². The predicted octanol–water partition coefficient (Wildman–Crippen LogP) is 4.45. The zero-order valence-electron chi connectivity index (χ0n) is 20.2. The largest absolute Gasteiger partial charge is 0.457 e. The van der Waals surface area contributed by atoms with Gasteiger partial charge in [-0.25, -0.2) is 0 Å². The van der Waals surface area contributed by atoms with Crippen LogP contribution in [0.3, 0.4) is 0 Å². The molecule has 188 valence electrons. The normalized spacial score (nSPS) is 12.2. The molecule has 0 spiro atoms. The molecule has 9 heteroatoms. The Morgan fingerprint density at radius 1 is 0.784 bits per heavy atom. The molecule has 0 radical (unpaired) electrons. The number of nitrogens with zero attached hydrogens (tertiary/aromatic N) is 1. The van der Waals surface area contributed by atoms with Crippen LogP contribution in [0.5, 0.6) is 0 Å². The molecule has 0 saturated carbocycles. The van der Waals surface area contributed by atoms with E-state index in [1.54, 1.807) is 12.1 Å². The summed E-state index contributed by atoms with van der Waals surface area (Å²) in [5.74, 6) is 1.52. The van der Waals surface area contributed by atoms with Crippen LogP contribution >= 0.6 is 0 Å². The van der Waals surface area contributed by atoms with E-state index in [9.17, 15) is 0 Å². The summed E-state index contributed by atoms with van der Waals surface area (Å²) in [7, 11) is 0. The van der Waals surface area contributed by atoms with E-state index in [2.05, 4.69) is 4.99 Å². The van der Waals surface area contributed by atoms with Gasteiger partial charge in [-0.15, -0.1) is 0 Å². The number of benzene rings is 2. The molecule has 0 aliphatic carbocycles. The van der Waals surface area contributed by atoms with Gasteiger partial charge in [-0.1, -0.05) is 24.3 Å². The van der Waals surface area contributed by atoms with E-state index in [1.807, 2.05) is 66.8 Å². The first kappa shape index (κ1) is 25.1. The lowest BCUT2D eigenvalue weighted by Gasteiger charge is -2.02. The van der Waals surface area contributed by atoms with Gasteiger partial charge in [-0.2, -0.15) is 0 Å². The molecule has 0 fully saturated rings. The second-order valence-electron chi connectivity index (χ2n) is 8.44. The SMILES string of the molecule is N=C(N)c1ccc2oc(/C=C/C=C/C=C(\CCCN=C(N)N)c3cc4cc(C(=N)N)ccc4o3)cc2c1. The van der Waals surface area contributed by atoms with Crippen molar-refractivity contribution in [3.05, 3.63) is 95.5 Å². The average molecular weight is 496 g/mol. The molecule has 0 aliphatic heterocycles. The van der Waals surface area contributed by atoms with Crippen molar-refractivity contribution in [3.63, 3.8) is 0 Å². The van der Waals surface area contributed by atoms with E-state index in [0.29, 0.717) is 29.9 Å². The van der Waals surface area contributed by atoms with Crippen molar-refractivity contribution in [2.45, 2.75) is 12.8 Å². The van der Waals surface area contributed by atoms with Crippen molar-refractivity contribution in [2.75, 3.05) is 6.54 Å². The molecular formula is C28H29N7O2. The summed E-state index contributed by atoms with van der Waals surface area (Å²) >= 11 is 0. The minimum absolute atomic E-state index is 0.0103. The summed E-state index contributed by atoms with van der Waals surface area (Å²) in [6.45, 7) is 0.509. The maximum Gasteiger partial charge on any atom is 0.185 e. The van der Waals surface area contributed by atoms with E-state index < -0.39 is 0 Å². The molecule has 4 rings (SSSR count). The molecule has 0 unspecified atom stereocenters. The summed E-state index contributed by atoms with van der Waals surface area (Å²) in [6.07, 6.45) is 11.0. The zero-order valence-corrected chi connectivity index (χ0v) is 20.2. The van der Waals surface area contributed by atoms with Crippen LogP contribution in [-0.4, -0.2) is 24.2 Å². The average Bonchev–Trinajstić information content (AvgIpc) is 3.47. The number of hydrogen-bond donors (Lipinski definition) is 6. The van der Waals surface area contributed by atoms with Gasteiger partial charge in [0.1, 0.15) is 34.4 Å². The molecular weight excluding hydrogens is 466 g/mol. The van der Waals surface area contributed by atoms with Gasteiger partial charge in [-0.05, 0) is 73.0 Å². The molecule has 0 aliphatic rings. The number of furan rings is 2. The second kappa shape index (κ2) is 11.1. The van der Waals surface area contributed by atoms with Crippen LogP contribution in [0, 0.1) is 10.8 Å². The number of nitrogens with two attached hydrogens (primary N) is 4. The molecule has 2 aromatic heterocycles. The monoisotopic (exact) mass is 495 g/mol. The lowest BCUT2D eigenvalue weighted by molar-refractivity contribution is 0.594. The van der Waals surface area contributed by atoms with E-state index in [0.717, 1.165) is 39.7 Å². The van der Waals surface area contributed by atoms with Crippen LogP contribution < -0.4 is 22.9 Å². The quantitative estimate of drug-likeness (QED) is 0.0814. The zero-order chi connectivity index (χ0) is 26.4. The Morgan fingerprint density at radius 3 is 2.08 bits per heavy atom. The highest BCUT2D eigenvalue weighted by molar-refractivity contribution is 5.99. The van der Waals surface area contributed by atoms with Crippen molar-refractivity contribution in [3.8, 4) is 0 Å². The highest BCUT2D eigenvalue weighted by Gasteiger charge is 2.10. The van der Waals surface area contributed by atoms with Gasteiger partial charge < -0.3 is 31.8 Å². The second-order valence-corrected chi connectivity index (χ2v) is 8.44. The van der Waals surface area contributed by atoms with Gasteiger partial charge in [0.05, 0.1) is 0 Å². The standard InChI is InChI=1S/C28H29N7O2/c29-26(30)18-8-10-23-20(13-18)15-22(36-23)7-3-1-2-5-17(6-4-12-35-28(33)34)25-16-21-14-19(27(31)32)9-11-24(21)37-25/h1-3,5,7-11,13-16H,4,6,12H2,(H3,29,30)(H3,31,32)(H4,33,34,35)/b2-1+,7-3+,17-5+. The minimum Gasteiger partial charge on any atom is -0.457 e. The molecule has 9 nitrogen and oxygen atoms in total. The number of guanidine groups is 1. The van der Waals surface area contributed by atoms with Crippen molar-refractivity contribution >= 4 is 51.2 Å². The van der Waals surface area contributed by atoms with Crippen LogP contribution in [0.15, 0.2) is 86.7 Å². The van der Waals surface area contributed by atoms with Crippen LogP contribution in [0.1, 0.15) is 35.5 Å². The third-order valence-electron chi connectivity index (χ3n) is 5.67. The fourth-order valence-corrected chi connectivity index (χ4v) is 3.84. The number of aliphatic imine (C=N–C) groups is 1. The molecule has 4 aromatic rings. The summed E-state index contributed by atoms with van der Waals surface area (Å²) < 4.78 is 11.9. The smallest absolute Gasteiger partial charge is 0.185 e. The maximum atomic E-state index is 7.67. The van der Waals surface area contributed by atoms with Crippen LogP contribution in [0.4, 0.5) is 0 Å². The van der Waals surface area contributed by atoms with Gasteiger partial charge in [-0.3, -0.25) is 15.8 Å². The number of fused-ring (bicyclic) bond motifs is 2. The van der Waals surface area contributed by atoms with Crippen molar-refractivity contribution < 1.29 is 8.83 Å². The van der Waals surface area contributed by atoms with Crippen LogP contribution in [0.2, 0.25) is 0 Å². The molecule has 10 N–H and O–H groups in total. The maximum absolute atomic E-state index is 7.67. The Labute approximate surface area is 213 Å². The number of rotatable bonds is 10. The van der Waals surface area contributed by atoms with E-state index in [-0.39, 0.29) is 17.6 Å². The van der Waals surface area contributed by atoms with E-state index in [4.69, 9.17) is 42.6 Å². The highest BCUT2D eigenvalue weighted by Crippen LogP contribution is 2.28. The first-order chi connectivity index (χ1) is 17.8. The van der Waals surface area contributed by atoms with Crippen LogP contribution in [0.25, 0.3) is 33.6 Å². The van der Waals surface area contributed by atoms with Crippen molar-refractivity contribution in [2.24, 2.45) is 27.9 Å². The third kappa shape index (κ3) is 6.34. The topological polar surface area (TPSA) is 190 Å². The van der Waals surface area contributed by atoms with Gasteiger partial charge in [0, 0.05) is 28.4 Å². The van der Waals surface area contributed by atoms with Gasteiger partial charge in [0.2, 0.25) is 0 Å². The molecule has 2 heterocycles. The Morgan fingerprint density at radius 2 is 1.43 bits per heavy atom. The molecule has 37 heavy (non-hydrogen) atoms. The number of allylic oxidation sites excluding steroid dienone is 5. The third-order valence-corrected chi connectivity index (χ3v) is 5.67. The van der Waals surface area contributed by atoms with Gasteiger partial charge in [0.25, 0.3) is 0 Å². The summed E-state index contributed by atoms with van der Waals surface area (Å²) in [4.78, 5) is 4.06. The van der Waals surface area contributed by atoms with Gasteiger partial charge >= 0.3 is 0 Å². The number of hydrogen-bond acceptors (Lipinski definition) is 5.